The number of anilines is 2. The number of hydrogen-bond donors (Lipinski definition) is 3. The summed E-state index contributed by atoms with van der Waals surface area (Å²) in [4.78, 5) is 34.3. The zero-order chi connectivity index (χ0) is 18.1. The number of carbonyl (C=O) groups excluding carboxylic acids is 1. The van der Waals surface area contributed by atoms with E-state index in [1.54, 1.807) is 0 Å². The van der Waals surface area contributed by atoms with E-state index in [9.17, 15) is 9.59 Å². The number of hydrogen-bond acceptors (Lipinski definition) is 4. The van der Waals surface area contributed by atoms with Crippen molar-refractivity contribution in [3.63, 3.8) is 0 Å². The Kier molecular flexibility index (Phi) is 4.72. The normalized spacial score (nSPS) is 18.3. The number of benzene rings is 1. The van der Waals surface area contributed by atoms with Gasteiger partial charge < -0.3 is 20.2 Å². The molecule has 7 heteroatoms. The lowest BCUT2D eigenvalue weighted by molar-refractivity contribution is -0.117. The first-order valence-electron chi connectivity index (χ1n) is 9.61. The summed E-state index contributed by atoms with van der Waals surface area (Å²) in [7, 11) is 2.03. The summed E-state index contributed by atoms with van der Waals surface area (Å²) in [6.45, 7) is 2.35. The zero-order valence-corrected chi connectivity index (χ0v) is 15.3. The molecule has 0 radical (unpaired) electrons. The van der Waals surface area contributed by atoms with Crippen molar-refractivity contribution in [2.75, 3.05) is 36.9 Å². The van der Waals surface area contributed by atoms with Crippen LogP contribution in [0.1, 0.15) is 38.5 Å². The van der Waals surface area contributed by atoms with Crippen molar-refractivity contribution < 1.29 is 4.79 Å². The zero-order valence-electron chi connectivity index (χ0n) is 15.3. The van der Waals surface area contributed by atoms with Crippen LogP contribution in [0.2, 0.25) is 0 Å². The monoisotopic (exact) mass is 357 g/mol. The third kappa shape index (κ3) is 3.49. The highest BCUT2D eigenvalue weighted by Crippen LogP contribution is 2.32. The Morgan fingerprint density at radius 2 is 1.81 bits per heavy atom. The number of nitrogens with one attached hydrogen (secondary N) is 3. The van der Waals surface area contributed by atoms with E-state index in [1.807, 2.05) is 19.2 Å². The predicted octanol–water partition coefficient (Wildman–Crippen LogP) is 2.27. The molecule has 0 atom stereocenters. The van der Waals surface area contributed by atoms with Crippen LogP contribution in [0.25, 0.3) is 11.0 Å². The van der Waals surface area contributed by atoms with Crippen LogP contribution in [-0.4, -0.2) is 53.5 Å². The highest BCUT2D eigenvalue weighted by molar-refractivity contribution is 5.99. The molecule has 2 aromatic rings. The Hall–Kier alpha value is -2.28. The Bertz CT molecular complexity index is 843. The Balaban J connectivity index is 1.56. The molecular formula is C19H27N5O2. The van der Waals surface area contributed by atoms with Gasteiger partial charge in [-0.05, 0) is 44.9 Å². The van der Waals surface area contributed by atoms with Crippen LogP contribution in [0.15, 0.2) is 16.9 Å². The summed E-state index contributed by atoms with van der Waals surface area (Å²) >= 11 is 0. The lowest BCUT2D eigenvalue weighted by atomic mass is 10.2. The van der Waals surface area contributed by atoms with E-state index in [0.29, 0.717) is 12.6 Å². The Morgan fingerprint density at radius 1 is 1.15 bits per heavy atom. The maximum Gasteiger partial charge on any atom is 0.323 e. The number of rotatable bonds is 5. The molecule has 26 heavy (non-hydrogen) atoms. The maximum absolute atomic E-state index is 12.6. The molecule has 3 N–H and O–H groups in total. The van der Waals surface area contributed by atoms with Gasteiger partial charge in [-0.15, -0.1) is 0 Å². The third-order valence-electron chi connectivity index (χ3n) is 5.69. The summed E-state index contributed by atoms with van der Waals surface area (Å²) in [5.74, 6) is -0.00270. The minimum atomic E-state index is -0.225. The van der Waals surface area contributed by atoms with Crippen LogP contribution in [-0.2, 0) is 4.79 Å². The van der Waals surface area contributed by atoms with Crippen molar-refractivity contribution in [1.29, 1.82) is 0 Å². The molecular weight excluding hydrogens is 330 g/mol. The summed E-state index contributed by atoms with van der Waals surface area (Å²) in [5, 5.41) is 3.08. The van der Waals surface area contributed by atoms with Gasteiger partial charge in [0.05, 0.1) is 29.0 Å². The molecule has 140 valence electrons. The number of amides is 1. The van der Waals surface area contributed by atoms with E-state index in [1.165, 1.54) is 25.7 Å². The van der Waals surface area contributed by atoms with Crippen molar-refractivity contribution in [2.45, 2.75) is 44.6 Å². The largest absolute Gasteiger partial charge is 0.370 e. The highest BCUT2D eigenvalue weighted by atomic mass is 16.2. The standard InChI is InChI=1S/C19H27N5O2/c1-23(13-6-2-3-7-13)12-18(25)20-16-10-14-15(22-19(26)21-14)11-17(16)24-8-4-5-9-24/h10-11,13H,2-9,12H2,1H3,(H,20,25)(H2,21,22,26). The average Bonchev–Trinajstić information content (AvgIpc) is 3.35. The van der Waals surface area contributed by atoms with Crippen molar-refractivity contribution >= 4 is 28.3 Å². The summed E-state index contributed by atoms with van der Waals surface area (Å²) in [6.07, 6.45) is 7.18. The Morgan fingerprint density at radius 3 is 2.50 bits per heavy atom. The highest BCUT2D eigenvalue weighted by Gasteiger charge is 2.23. The second-order valence-electron chi connectivity index (χ2n) is 7.59. The summed E-state index contributed by atoms with van der Waals surface area (Å²) in [6, 6.07) is 4.35. The summed E-state index contributed by atoms with van der Waals surface area (Å²) in [5.41, 5.74) is 3.04. The Labute approximate surface area is 152 Å². The number of H-pyrrole nitrogens is 2. The smallest absolute Gasteiger partial charge is 0.323 e. The molecule has 1 saturated carbocycles. The van der Waals surface area contributed by atoms with Gasteiger partial charge in [0.1, 0.15) is 0 Å². The van der Waals surface area contributed by atoms with Crippen LogP contribution in [0, 0.1) is 0 Å². The molecule has 2 aliphatic rings. The van der Waals surface area contributed by atoms with E-state index in [-0.39, 0.29) is 11.6 Å². The fourth-order valence-electron chi connectivity index (χ4n) is 4.28. The van der Waals surface area contributed by atoms with Gasteiger partial charge in [-0.3, -0.25) is 9.69 Å². The lowest BCUT2D eigenvalue weighted by Gasteiger charge is -2.25. The van der Waals surface area contributed by atoms with Crippen LogP contribution >= 0.6 is 0 Å². The molecule has 0 unspecified atom stereocenters. The van der Waals surface area contributed by atoms with E-state index < -0.39 is 0 Å². The lowest BCUT2D eigenvalue weighted by Crippen LogP contribution is -2.36. The first-order valence-corrected chi connectivity index (χ1v) is 9.61. The van der Waals surface area contributed by atoms with Gasteiger partial charge in [0.2, 0.25) is 5.91 Å². The second-order valence-corrected chi connectivity index (χ2v) is 7.59. The summed E-state index contributed by atoms with van der Waals surface area (Å²) < 4.78 is 0. The van der Waals surface area contributed by atoms with Crippen LogP contribution < -0.4 is 15.9 Å². The topological polar surface area (TPSA) is 84.2 Å². The molecule has 4 rings (SSSR count). The molecule has 1 aliphatic carbocycles. The van der Waals surface area contributed by atoms with Crippen molar-refractivity contribution in [1.82, 2.24) is 14.9 Å². The van der Waals surface area contributed by atoms with Crippen LogP contribution in [0.4, 0.5) is 11.4 Å². The molecule has 1 aliphatic heterocycles. The minimum absolute atomic E-state index is 0.00270. The maximum atomic E-state index is 12.6. The van der Waals surface area contributed by atoms with Crippen LogP contribution in [0.3, 0.4) is 0 Å². The van der Waals surface area contributed by atoms with Crippen LogP contribution in [0.5, 0.6) is 0 Å². The van der Waals surface area contributed by atoms with Gasteiger partial charge in [-0.25, -0.2) is 4.79 Å². The van der Waals surface area contributed by atoms with E-state index in [2.05, 4.69) is 25.1 Å². The number of nitrogens with zero attached hydrogens (tertiary/aromatic N) is 2. The second kappa shape index (κ2) is 7.15. The molecule has 1 amide bonds. The van der Waals surface area contributed by atoms with E-state index in [4.69, 9.17) is 0 Å². The number of likely N-dealkylation sites (N-methyl/N-ethyl adjacent to an activating group) is 1. The van der Waals surface area contributed by atoms with Gasteiger partial charge in [-0.1, -0.05) is 12.8 Å². The number of imidazole rings is 1. The first-order chi connectivity index (χ1) is 12.6. The predicted molar refractivity (Wildman–Crippen MR) is 104 cm³/mol. The number of carbonyl (C=O) groups is 1. The van der Waals surface area contributed by atoms with Gasteiger partial charge in [-0.2, -0.15) is 0 Å². The number of fused-ring (bicyclic) bond motifs is 1. The minimum Gasteiger partial charge on any atom is -0.370 e. The van der Waals surface area contributed by atoms with Crippen molar-refractivity contribution in [2.24, 2.45) is 0 Å². The van der Waals surface area contributed by atoms with E-state index >= 15 is 0 Å². The molecule has 1 aromatic carbocycles. The fraction of sp³-hybridized carbons (Fsp3) is 0.579. The molecule has 1 aromatic heterocycles. The van der Waals surface area contributed by atoms with Gasteiger partial charge in [0.25, 0.3) is 0 Å². The average molecular weight is 357 g/mol. The molecule has 0 spiro atoms. The van der Waals surface area contributed by atoms with E-state index in [0.717, 1.165) is 48.3 Å². The molecule has 2 fully saturated rings. The molecule has 2 heterocycles. The molecule has 7 nitrogen and oxygen atoms in total. The van der Waals surface area contributed by atoms with Crippen molar-refractivity contribution in [3.05, 3.63) is 22.6 Å². The fourth-order valence-corrected chi connectivity index (χ4v) is 4.28. The molecule has 0 bridgehead atoms. The van der Waals surface area contributed by atoms with Gasteiger partial charge in [0, 0.05) is 19.1 Å². The quantitative estimate of drug-likeness (QED) is 0.766. The number of aromatic amines is 2. The van der Waals surface area contributed by atoms with Gasteiger partial charge in [0.15, 0.2) is 0 Å². The third-order valence-corrected chi connectivity index (χ3v) is 5.69. The SMILES string of the molecule is CN(CC(=O)Nc1cc2[nH]c(=O)[nH]c2cc1N1CCCC1)C1CCCC1. The first kappa shape index (κ1) is 17.1. The number of aromatic nitrogens is 2. The van der Waals surface area contributed by atoms with Gasteiger partial charge >= 0.3 is 5.69 Å². The molecule has 1 saturated heterocycles. The van der Waals surface area contributed by atoms with Crippen molar-refractivity contribution in [3.8, 4) is 0 Å².